The van der Waals surface area contributed by atoms with Crippen molar-refractivity contribution in [2.45, 2.75) is 19.9 Å². The van der Waals surface area contributed by atoms with Gasteiger partial charge in [0.25, 0.3) is 5.91 Å². The average Bonchev–Trinajstić information content (AvgIpc) is 3.08. The van der Waals surface area contributed by atoms with Crippen LogP contribution in [0.25, 0.3) is 0 Å². The lowest BCUT2D eigenvalue weighted by Gasteiger charge is -2.41. The van der Waals surface area contributed by atoms with Gasteiger partial charge in [0, 0.05) is 37.3 Å². The molecule has 5 rings (SSSR count). The fourth-order valence-electron chi connectivity index (χ4n) is 4.78. The standard InChI is InChI=1S/C29H31N3O5/c1-18-6-8-25-27(12-18)37-26-9-7-21(34-3)16-24(26)28(30-25)31-10-11-32(19(2)17-31)29(33)20-13-22(35-4)15-23(14-20)36-5/h6-9,12-16,19H,10-11,17H2,1-5H3. The number of rotatable bonds is 4. The van der Waals surface area contributed by atoms with Gasteiger partial charge in [0.05, 0.1) is 26.9 Å². The molecule has 0 aliphatic carbocycles. The molecule has 1 unspecified atom stereocenters. The smallest absolute Gasteiger partial charge is 0.254 e. The molecule has 2 aliphatic heterocycles. The Hall–Kier alpha value is -4.20. The number of fused-ring (bicyclic) bond motifs is 2. The SMILES string of the molecule is COc1cc(OC)cc(C(=O)N2CCN(C3=Nc4ccc(C)cc4Oc4ccc(OC)cc43)CC2C)c1. The lowest BCUT2D eigenvalue weighted by atomic mass is 10.1. The van der Waals surface area contributed by atoms with Crippen LogP contribution in [0.3, 0.4) is 0 Å². The molecule has 1 fully saturated rings. The van der Waals surface area contributed by atoms with Crippen molar-refractivity contribution in [2.75, 3.05) is 41.0 Å². The van der Waals surface area contributed by atoms with Crippen molar-refractivity contribution < 1.29 is 23.7 Å². The van der Waals surface area contributed by atoms with Gasteiger partial charge >= 0.3 is 0 Å². The minimum absolute atomic E-state index is 0.0571. The number of carbonyl (C=O) groups excluding carboxylic acids is 1. The second-order valence-electron chi connectivity index (χ2n) is 9.27. The number of aliphatic imine (C=N–C) groups is 1. The topological polar surface area (TPSA) is 72.8 Å². The first kappa shape index (κ1) is 24.5. The van der Waals surface area contributed by atoms with Gasteiger partial charge < -0.3 is 28.7 Å². The molecule has 1 atom stereocenters. The summed E-state index contributed by atoms with van der Waals surface area (Å²) in [6.45, 7) is 5.86. The van der Waals surface area contributed by atoms with E-state index in [2.05, 4.69) is 11.8 Å². The predicted octanol–water partition coefficient (Wildman–Crippen LogP) is 5.05. The Bertz CT molecular complexity index is 1350. The normalized spacial score (nSPS) is 16.6. The molecule has 0 spiro atoms. The van der Waals surface area contributed by atoms with E-state index in [-0.39, 0.29) is 11.9 Å². The molecule has 0 radical (unpaired) electrons. The van der Waals surface area contributed by atoms with E-state index >= 15 is 0 Å². The summed E-state index contributed by atoms with van der Waals surface area (Å²) in [7, 11) is 4.80. The lowest BCUT2D eigenvalue weighted by molar-refractivity contribution is 0.0580. The number of nitrogens with zero attached hydrogens (tertiary/aromatic N) is 3. The Kier molecular flexibility index (Phi) is 6.65. The molecule has 1 amide bonds. The van der Waals surface area contributed by atoms with Crippen molar-refractivity contribution in [3.05, 3.63) is 71.3 Å². The number of benzene rings is 3. The number of ether oxygens (including phenoxy) is 4. The number of methoxy groups -OCH3 is 3. The first-order chi connectivity index (χ1) is 17.9. The number of aryl methyl sites for hydroxylation is 1. The van der Waals surface area contributed by atoms with Crippen LogP contribution in [-0.4, -0.2) is 68.5 Å². The zero-order valence-electron chi connectivity index (χ0n) is 21.8. The zero-order chi connectivity index (χ0) is 26.1. The molecule has 37 heavy (non-hydrogen) atoms. The third kappa shape index (κ3) is 4.79. The Labute approximate surface area is 217 Å². The third-order valence-electron chi connectivity index (χ3n) is 6.78. The van der Waals surface area contributed by atoms with E-state index in [1.165, 1.54) is 0 Å². The summed E-state index contributed by atoms with van der Waals surface area (Å²) in [5, 5.41) is 0. The van der Waals surface area contributed by atoms with Gasteiger partial charge in [0.15, 0.2) is 5.75 Å². The van der Waals surface area contributed by atoms with E-state index in [4.69, 9.17) is 23.9 Å². The highest BCUT2D eigenvalue weighted by atomic mass is 16.5. The molecule has 8 heteroatoms. The van der Waals surface area contributed by atoms with Crippen LogP contribution < -0.4 is 18.9 Å². The number of amides is 1. The lowest BCUT2D eigenvalue weighted by Crippen LogP contribution is -2.55. The minimum atomic E-state index is -0.0585. The number of piperazine rings is 1. The van der Waals surface area contributed by atoms with E-state index in [9.17, 15) is 4.79 Å². The van der Waals surface area contributed by atoms with Crippen molar-refractivity contribution in [3.63, 3.8) is 0 Å². The average molecular weight is 502 g/mol. The van der Waals surface area contributed by atoms with E-state index in [1.807, 2.05) is 48.2 Å². The van der Waals surface area contributed by atoms with Gasteiger partial charge in [-0.25, -0.2) is 4.99 Å². The van der Waals surface area contributed by atoms with Gasteiger partial charge in [0.2, 0.25) is 0 Å². The van der Waals surface area contributed by atoms with Crippen LogP contribution in [0.15, 0.2) is 59.6 Å². The molecule has 0 aromatic heterocycles. The van der Waals surface area contributed by atoms with Crippen molar-refractivity contribution in [1.82, 2.24) is 9.80 Å². The second-order valence-corrected chi connectivity index (χ2v) is 9.27. The highest BCUT2D eigenvalue weighted by Crippen LogP contribution is 2.40. The van der Waals surface area contributed by atoms with Crippen LogP contribution in [-0.2, 0) is 0 Å². The minimum Gasteiger partial charge on any atom is -0.497 e. The van der Waals surface area contributed by atoms with Gasteiger partial charge in [-0.3, -0.25) is 4.79 Å². The van der Waals surface area contributed by atoms with E-state index in [1.54, 1.807) is 39.5 Å². The van der Waals surface area contributed by atoms with Crippen LogP contribution in [0.2, 0.25) is 0 Å². The quantitative estimate of drug-likeness (QED) is 0.498. The Morgan fingerprint density at radius 1 is 0.892 bits per heavy atom. The molecule has 0 saturated carbocycles. The summed E-state index contributed by atoms with van der Waals surface area (Å²) >= 11 is 0. The summed E-state index contributed by atoms with van der Waals surface area (Å²) < 4.78 is 22.5. The zero-order valence-corrected chi connectivity index (χ0v) is 21.8. The van der Waals surface area contributed by atoms with Crippen LogP contribution in [0.5, 0.6) is 28.7 Å². The maximum absolute atomic E-state index is 13.5. The van der Waals surface area contributed by atoms with Gasteiger partial charge in [-0.15, -0.1) is 0 Å². The summed E-state index contributed by atoms with van der Waals surface area (Å²) in [4.78, 5) is 22.7. The van der Waals surface area contributed by atoms with Crippen LogP contribution in [0, 0.1) is 6.92 Å². The molecule has 0 N–H and O–H groups in total. The van der Waals surface area contributed by atoms with Gasteiger partial charge in [-0.1, -0.05) is 6.07 Å². The molecule has 2 heterocycles. The number of hydrogen-bond donors (Lipinski definition) is 0. The molecule has 1 saturated heterocycles. The number of carbonyl (C=O) groups is 1. The second kappa shape index (κ2) is 10.0. The molecular weight excluding hydrogens is 470 g/mol. The summed E-state index contributed by atoms with van der Waals surface area (Å²) in [5.74, 6) is 4.08. The highest BCUT2D eigenvalue weighted by molar-refractivity contribution is 6.04. The van der Waals surface area contributed by atoms with Gasteiger partial charge in [-0.05, 0) is 61.9 Å². The summed E-state index contributed by atoms with van der Waals surface area (Å²) in [5.41, 5.74) is 3.27. The van der Waals surface area contributed by atoms with Crippen LogP contribution in [0.1, 0.15) is 28.4 Å². The van der Waals surface area contributed by atoms with Crippen molar-refractivity contribution in [1.29, 1.82) is 0 Å². The first-order valence-corrected chi connectivity index (χ1v) is 12.2. The van der Waals surface area contributed by atoms with E-state index < -0.39 is 0 Å². The first-order valence-electron chi connectivity index (χ1n) is 12.2. The predicted molar refractivity (Wildman–Crippen MR) is 142 cm³/mol. The molecule has 3 aromatic carbocycles. The fraction of sp³-hybridized carbons (Fsp3) is 0.310. The molecule has 192 valence electrons. The molecule has 3 aromatic rings. The molecule has 8 nitrogen and oxygen atoms in total. The molecular formula is C29H31N3O5. The Morgan fingerprint density at radius 3 is 2.30 bits per heavy atom. The highest BCUT2D eigenvalue weighted by Gasteiger charge is 2.32. The van der Waals surface area contributed by atoms with E-state index in [0.29, 0.717) is 36.7 Å². The maximum Gasteiger partial charge on any atom is 0.254 e. The Balaban J connectivity index is 1.46. The molecule has 2 aliphatic rings. The summed E-state index contributed by atoms with van der Waals surface area (Å²) in [6, 6.07) is 17.0. The van der Waals surface area contributed by atoms with Crippen LogP contribution >= 0.6 is 0 Å². The van der Waals surface area contributed by atoms with Gasteiger partial charge in [0.1, 0.15) is 34.5 Å². The monoisotopic (exact) mass is 501 g/mol. The van der Waals surface area contributed by atoms with Crippen molar-refractivity contribution in [3.8, 4) is 28.7 Å². The van der Waals surface area contributed by atoms with E-state index in [0.717, 1.165) is 39.9 Å². The summed E-state index contributed by atoms with van der Waals surface area (Å²) in [6.07, 6.45) is 0. The van der Waals surface area contributed by atoms with Crippen molar-refractivity contribution >= 4 is 17.4 Å². The Morgan fingerprint density at radius 2 is 1.62 bits per heavy atom. The fourth-order valence-corrected chi connectivity index (χ4v) is 4.78. The number of hydrogen-bond acceptors (Lipinski definition) is 7. The molecule has 0 bridgehead atoms. The largest absolute Gasteiger partial charge is 0.497 e. The maximum atomic E-state index is 13.5. The van der Waals surface area contributed by atoms with Gasteiger partial charge in [-0.2, -0.15) is 0 Å². The van der Waals surface area contributed by atoms with Crippen molar-refractivity contribution in [2.24, 2.45) is 4.99 Å². The number of amidine groups is 1. The third-order valence-corrected chi connectivity index (χ3v) is 6.78. The van der Waals surface area contributed by atoms with Crippen LogP contribution in [0.4, 0.5) is 5.69 Å².